The molecule has 1 fully saturated rings. The Kier molecular flexibility index (Phi) is 6.43. The fraction of sp³-hybridized carbons (Fsp3) is 0.333. The van der Waals surface area contributed by atoms with Gasteiger partial charge in [-0.25, -0.2) is 0 Å². The lowest BCUT2D eigenvalue weighted by molar-refractivity contribution is -0.122. The standard InChI is InChI=1S/C21H24N2O6/c24-17-12-14(13-18(25)20(17)27)21(28)23-9-6-15(7-10-23)22-19(26)8-11-29-16-4-2-1-3-5-16/h1-5,12-13,15,24-25,27H,6-11H2,(H,22,26). The smallest absolute Gasteiger partial charge is 0.254 e. The van der Waals surface area contributed by atoms with Crippen LogP contribution < -0.4 is 10.1 Å². The highest BCUT2D eigenvalue weighted by Gasteiger charge is 2.25. The van der Waals surface area contributed by atoms with Gasteiger partial charge in [0.15, 0.2) is 17.2 Å². The van der Waals surface area contributed by atoms with E-state index in [2.05, 4.69) is 5.32 Å². The topological polar surface area (TPSA) is 119 Å². The van der Waals surface area contributed by atoms with Gasteiger partial charge >= 0.3 is 0 Å². The predicted molar refractivity (Wildman–Crippen MR) is 105 cm³/mol. The van der Waals surface area contributed by atoms with Crippen molar-refractivity contribution in [1.29, 1.82) is 0 Å². The molecule has 0 bridgehead atoms. The summed E-state index contributed by atoms with van der Waals surface area (Å²) in [5.41, 5.74) is 0.0957. The number of para-hydroxylation sites is 1. The number of carbonyl (C=O) groups excluding carboxylic acids is 2. The van der Waals surface area contributed by atoms with Crippen LogP contribution in [0.15, 0.2) is 42.5 Å². The summed E-state index contributed by atoms with van der Waals surface area (Å²) in [5.74, 6) is -1.48. The first-order chi connectivity index (χ1) is 13.9. The molecule has 0 aromatic heterocycles. The van der Waals surface area contributed by atoms with Crippen LogP contribution in [0.5, 0.6) is 23.0 Å². The summed E-state index contributed by atoms with van der Waals surface area (Å²) in [6.45, 7) is 1.17. The minimum absolute atomic E-state index is 0.0232. The van der Waals surface area contributed by atoms with E-state index in [1.54, 1.807) is 4.90 Å². The molecule has 2 aromatic carbocycles. The molecule has 2 aromatic rings. The Morgan fingerprint density at radius 1 is 1.03 bits per heavy atom. The van der Waals surface area contributed by atoms with E-state index >= 15 is 0 Å². The van der Waals surface area contributed by atoms with Gasteiger partial charge in [0, 0.05) is 24.7 Å². The second kappa shape index (κ2) is 9.18. The summed E-state index contributed by atoms with van der Waals surface area (Å²) in [7, 11) is 0. The maximum absolute atomic E-state index is 12.5. The highest BCUT2D eigenvalue weighted by Crippen LogP contribution is 2.35. The van der Waals surface area contributed by atoms with Gasteiger partial charge in [-0.15, -0.1) is 0 Å². The number of benzene rings is 2. The maximum atomic E-state index is 12.5. The van der Waals surface area contributed by atoms with E-state index in [0.29, 0.717) is 32.5 Å². The number of ether oxygens (including phenoxy) is 1. The molecule has 0 spiro atoms. The zero-order valence-corrected chi connectivity index (χ0v) is 15.9. The highest BCUT2D eigenvalue weighted by molar-refractivity contribution is 5.95. The van der Waals surface area contributed by atoms with Crippen LogP contribution in [-0.2, 0) is 4.79 Å². The summed E-state index contributed by atoms with van der Waals surface area (Å²) >= 11 is 0. The third kappa shape index (κ3) is 5.31. The number of amides is 2. The van der Waals surface area contributed by atoms with Crippen LogP contribution in [0.3, 0.4) is 0 Å². The first-order valence-corrected chi connectivity index (χ1v) is 9.45. The van der Waals surface area contributed by atoms with Crippen molar-refractivity contribution in [1.82, 2.24) is 10.2 Å². The number of nitrogens with one attached hydrogen (secondary N) is 1. The first kappa shape index (κ1) is 20.3. The second-order valence-corrected chi connectivity index (χ2v) is 6.91. The summed E-state index contributed by atoms with van der Waals surface area (Å²) in [6.07, 6.45) is 1.46. The van der Waals surface area contributed by atoms with Crippen molar-refractivity contribution in [3.8, 4) is 23.0 Å². The molecule has 0 atom stereocenters. The molecule has 0 radical (unpaired) electrons. The third-order valence-electron chi connectivity index (χ3n) is 4.80. The van der Waals surface area contributed by atoms with Crippen molar-refractivity contribution in [3.05, 3.63) is 48.0 Å². The van der Waals surface area contributed by atoms with Crippen LogP contribution in [-0.4, -0.2) is 57.8 Å². The van der Waals surface area contributed by atoms with Crippen molar-refractivity contribution in [3.63, 3.8) is 0 Å². The lowest BCUT2D eigenvalue weighted by Crippen LogP contribution is -2.46. The van der Waals surface area contributed by atoms with Crippen molar-refractivity contribution in [2.45, 2.75) is 25.3 Å². The van der Waals surface area contributed by atoms with Crippen LogP contribution >= 0.6 is 0 Å². The summed E-state index contributed by atoms with van der Waals surface area (Å²) < 4.78 is 5.52. The van der Waals surface area contributed by atoms with Gasteiger partial charge in [0.2, 0.25) is 5.91 Å². The lowest BCUT2D eigenvalue weighted by Gasteiger charge is -2.32. The number of phenolic OH excluding ortho intramolecular Hbond substituents is 3. The summed E-state index contributed by atoms with van der Waals surface area (Å²) in [5, 5.41) is 31.5. The lowest BCUT2D eigenvalue weighted by atomic mass is 10.0. The van der Waals surface area contributed by atoms with Crippen LogP contribution in [0, 0.1) is 0 Å². The number of nitrogens with zero attached hydrogens (tertiary/aromatic N) is 1. The number of aromatic hydroxyl groups is 3. The largest absolute Gasteiger partial charge is 0.504 e. The van der Waals surface area contributed by atoms with Gasteiger partial charge in [-0.1, -0.05) is 18.2 Å². The minimum Gasteiger partial charge on any atom is -0.504 e. The summed E-state index contributed by atoms with van der Waals surface area (Å²) in [6, 6.07) is 11.5. The monoisotopic (exact) mass is 400 g/mol. The van der Waals surface area contributed by atoms with Crippen LogP contribution in [0.25, 0.3) is 0 Å². The third-order valence-corrected chi connectivity index (χ3v) is 4.80. The SMILES string of the molecule is O=C(CCOc1ccccc1)NC1CCN(C(=O)c2cc(O)c(O)c(O)c2)CC1. The summed E-state index contributed by atoms with van der Waals surface area (Å²) in [4.78, 5) is 26.2. The quantitative estimate of drug-likeness (QED) is 0.551. The molecule has 154 valence electrons. The molecule has 1 heterocycles. The van der Waals surface area contributed by atoms with Crippen molar-refractivity contribution in [2.24, 2.45) is 0 Å². The van der Waals surface area contributed by atoms with E-state index < -0.39 is 17.2 Å². The molecule has 1 aliphatic heterocycles. The van der Waals surface area contributed by atoms with Crippen molar-refractivity contribution in [2.75, 3.05) is 19.7 Å². The van der Waals surface area contributed by atoms with Crippen LogP contribution in [0.2, 0.25) is 0 Å². The zero-order valence-electron chi connectivity index (χ0n) is 15.9. The van der Waals surface area contributed by atoms with Gasteiger partial charge in [-0.05, 0) is 37.1 Å². The molecular weight excluding hydrogens is 376 g/mol. The second-order valence-electron chi connectivity index (χ2n) is 6.91. The number of piperidine rings is 1. The van der Waals surface area contributed by atoms with Crippen LogP contribution in [0.1, 0.15) is 29.6 Å². The maximum Gasteiger partial charge on any atom is 0.254 e. The minimum atomic E-state index is -0.654. The van der Waals surface area contributed by atoms with Gasteiger partial charge in [0.1, 0.15) is 5.75 Å². The molecule has 0 unspecified atom stereocenters. The molecule has 0 saturated carbocycles. The fourth-order valence-corrected chi connectivity index (χ4v) is 3.22. The van der Waals surface area contributed by atoms with Gasteiger partial charge in [-0.2, -0.15) is 0 Å². The zero-order chi connectivity index (χ0) is 20.8. The van der Waals surface area contributed by atoms with Gasteiger partial charge in [0.25, 0.3) is 5.91 Å². The predicted octanol–water partition coefficient (Wildman–Crippen LogP) is 1.99. The molecule has 8 nitrogen and oxygen atoms in total. The molecule has 29 heavy (non-hydrogen) atoms. The van der Waals surface area contributed by atoms with E-state index in [1.165, 1.54) is 0 Å². The average molecular weight is 400 g/mol. The van der Waals surface area contributed by atoms with Gasteiger partial charge < -0.3 is 30.3 Å². The Bertz CT molecular complexity index is 840. The Morgan fingerprint density at radius 3 is 2.28 bits per heavy atom. The molecule has 4 N–H and O–H groups in total. The molecule has 8 heteroatoms. The number of carbonyl (C=O) groups is 2. The van der Waals surface area contributed by atoms with E-state index in [4.69, 9.17) is 4.74 Å². The highest BCUT2D eigenvalue weighted by atomic mass is 16.5. The van der Waals surface area contributed by atoms with E-state index in [0.717, 1.165) is 17.9 Å². The Labute approximate surface area is 168 Å². The number of likely N-dealkylation sites (tertiary alicyclic amines) is 1. The van der Waals surface area contributed by atoms with E-state index in [9.17, 15) is 24.9 Å². The molecule has 2 amide bonds. The molecule has 0 aliphatic carbocycles. The number of hydrogen-bond acceptors (Lipinski definition) is 6. The Hall–Kier alpha value is -3.42. The Morgan fingerprint density at radius 2 is 1.66 bits per heavy atom. The van der Waals surface area contributed by atoms with Gasteiger partial charge in [0.05, 0.1) is 13.0 Å². The number of phenols is 3. The molecule has 1 aliphatic rings. The van der Waals surface area contributed by atoms with Crippen LogP contribution in [0.4, 0.5) is 0 Å². The van der Waals surface area contributed by atoms with Gasteiger partial charge in [-0.3, -0.25) is 9.59 Å². The fourth-order valence-electron chi connectivity index (χ4n) is 3.22. The Balaban J connectivity index is 1.43. The van der Waals surface area contributed by atoms with Crippen molar-refractivity contribution < 1.29 is 29.6 Å². The molecule has 1 saturated heterocycles. The van der Waals surface area contributed by atoms with E-state index in [1.807, 2.05) is 30.3 Å². The number of hydrogen-bond donors (Lipinski definition) is 4. The molecule has 3 rings (SSSR count). The molecular formula is C21H24N2O6. The van der Waals surface area contributed by atoms with E-state index in [-0.39, 0.29) is 29.8 Å². The average Bonchev–Trinajstić information content (AvgIpc) is 2.72. The number of rotatable bonds is 6. The first-order valence-electron chi connectivity index (χ1n) is 9.45. The van der Waals surface area contributed by atoms with Crippen molar-refractivity contribution >= 4 is 11.8 Å². The normalized spacial score (nSPS) is 14.4.